The molecule has 1 aromatic heterocycles. The maximum atomic E-state index is 9.96. The van der Waals surface area contributed by atoms with E-state index in [9.17, 15) is 10.1 Å². The van der Waals surface area contributed by atoms with Crippen LogP contribution in [0.3, 0.4) is 0 Å². The van der Waals surface area contributed by atoms with Crippen LogP contribution < -0.4 is 10.1 Å². The Labute approximate surface area is 223 Å². The molecule has 0 saturated carbocycles. The molecule has 1 saturated heterocycles. The molecule has 1 aliphatic rings. The Morgan fingerprint density at radius 3 is 2.65 bits per heavy atom. The fourth-order valence-electron chi connectivity index (χ4n) is 4.38. The minimum Gasteiger partial charge on any atom is -0.493 e. The molecule has 1 N–H and O–H groups in total. The van der Waals surface area contributed by atoms with Crippen molar-refractivity contribution >= 4 is 34.7 Å². The Bertz CT molecular complexity index is 1180. The summed E-state index contributed by atoms with van der Waals surface area (Å²) in [5, 5.41) is 14.1. The van der Waals surface area contributed by atoms with Crippen molar-refractivity contribution in [3.05, 3.63) is 48.0 Å². The zero-order valence-electron chi connectivity index (χ0n) is 21.5. The van der Waals surface area contributed by atoms with Crippen LogP contribution in [0.5, 0.6) is 5.75 Å². The lowest BCUT2D eigenvalue weighted by Gasteiger charge is -2.26. The average molecular weight is 527 g/mol. The van der Waals surface area contributed by atoms with Crippen molar-refractivity contribution in [3.8, 4) is 23.1 Å². The van der Waals surface area contributed by atoms with E-state index in [0.29, 0.717) is 31.1 Å². The number of rotatable bonds is 11. The van der Waals surface area contributed by atoms with Crippen molar-refractivity contribution in [1.29, 1.82) is 5.26 Å². The summed E-state index contributed by atoms with van der Waals surface area (Å²) >= 11 is 5.10. The Kier molecular flexibility index (Phi) is 11.6. The normalized spacial score (nSPS) is 13.4. The molecule has 8 nitrogen and oxygen atoms in total. The smallest absolute Gasteiger partial charge is 0.293 e. The van der Waals surface area contributed by atoms with Gasteiger partial charge in [0.2, 0.25) is 0 Å². The van der Waals surface area contributed by atoms with E-state index in [-0.39, 0.29) is 0 Å². The first-order valence-corrected chi connectivity index (χ1v) is 13.1. The number of alkyl halides is 1. The minimum absolute atomic E-state index is 0.311. The van der Waals surface area contributed by atoms with Crippen molar-refractivity contribution < 1.29 is 19.0 Å². The van der Waals surface area contributed by atoms with Gasteiger partial charge >= 0.3 is 0 Å². The van der Waals surface area contributed by atoms with Gasteiger partial charge in [0.05, 0.1) is 42.5 Å². The summed E-state index contributed by atoms with van der Waals surface area (Å²) in [5.41, 5.74) is 4.77. The maximum absolute atomic E-state index is 9.96. The highest BCUT2D eigenvalue weighted by atomic mass is 35.5. The second kappa shape index (κ2) is 15.1. The van der Waals surface area contributed by atoms with Crippen LogP contribution in [0, 0.1) is 11.3 Å². The molecule has 0 atom stereocenters. The van der Waals surface area contributed by atoms with Crippen molar-refractivity contribution in [3.63, 3.8) is 0 Å². The number of anilines is 1. The third kappa shape index (κ3) is 7.62. The third-order valence-corrected chi connectivity index (χ3v) is 6.30. The van der Waals surface area contributed by atoms with Crippen LogP contribution in [0.15, 0.2) is 42.5 Å². The molecule has 198 valence electrons. The van der Waals surface area contributed by atoms with Crippen LogP contribution in [0.25, 0.3) is 22.2 Å². The summed E-state index contributed by atoms with van der Waals surface area (Å²) in [6.07, 6.45) is 0.984. The number of nitrogens with one attached hydrogen (secondary N) is 1. The molecule has 0 aliphatic carbocycles. The van der Waals surface area contributed by atoms with Crippen molar-refractivity contribution in [1.82, 2.24) is 9.47 Å². The van der Waals surface area contributed by atoms with Gasteiger partial charge in [-0.2, -0.15) is 5.26 Å². The van der Waals surface area contributed by atoms with E-state index in [1.54, 1.807) is 0 Å². The summed E-state index contributed by atoms with van der Waals surface area (Å²) in [7, 11) is 1.91. The van der Waals surface area contributed by atoms with Gasteiger partial charge in [0.1, 0.15) is 18.4 Å². The van der Waals surface area contributed by atoms with E-state index in [1.165, 1.54) is 0 Å². The van der Waals surface area contributed by atoms with E-state index in [1.807, 2.05) is 31.3 Å². The second-order valence-electron chi connectivity index (χ2n) is 8.40. The van der Waals surface area contributed by atoms with E-state index in [2.05, 4.69) is 50.7 Å². The number of hydrogen-bond donors (Lipinski definition) is 1. The number of nitrogens with zero attached hydrogens (tertiary/aromatic N) is 3. The monoisotopic (exact) mass is 526 g/mol. The van der Waals surface area contributed by atoms with Crippen molar-refractivity contribution in [2.45, 2.75) is 19.9 Å². The molecule has 1 fully saturated rings. The first-order chi connectivity index (χ1) is 18.2. The van der Waals surface area contributed by atoms with Crippen LogP contribution in [-0.4, -0.2) is 74.9 Å². The highest BCUT2D eigenvalue weighted by molar-refractivity contribution is 6.18. The van der Waals surface area contributed by atoms with E-state index in [4.69, 9.17) is 21.1 Å². The molecule has 4 rings (SSSR count). The van der Waals surface area contributed by atoms with Gasteiger partial charge in [-0.1, -0.05) is 12.1 Å². The number of nitriles is 1. The van der Waals surface area contributed by atoms with Crippen LogP contribution in [-0.2, 0) is 20.8 Å². The lowest BCUT2D eigenvalue weighted by atomic mass is 10.1. The molecule has 0 spiro atoms. The molecule has 3 aromatic rings. The number of ether oxygens (including phenoxy) is 3. The van der Waals surface area contributed by atoms with Crippen LogP contribution >= 0.6 is 11.6 Å². The number of morpholine rings is 1. The SMILES string of the molecule is CCn1c(-c2cccc(NC)c2)c(C#N)c2ccc(OCCCN3CCOCC3)cc21.O=COCCCl. The van der Waals surface area contributed by atoms with Gasteiger partial charge in [0.15, 0.2) is 0 Å². The Hall–Kier alpha value is -3.25. The fourth-order valence-corrected chi connectivity index (χ4v) is 4.47. The predicted molar refractivity (Wildman–Crippen MR) is 147 cm³/mol. The molecular weight excluding hydrogens is 492 g/mol. The lowest BCUT2D eigenvalue weighted by Crippen LogP contribution is -2.37. The lowest BCUT2D eigenvalue weighted by molar-refractivity contribution is -0.128. The largest absolute Gasteiger partial charge is 0.493 e. The molecule has 2 heterocycles. The predicted octanol–water partition coefficient (Wildman–Crippen LogP) is 4.74. The van der Waals surface area contributed by atoms with Gasteiger partial charge in [0, 0.05) is 55.9 Å². The van der Waals surface area contributed by atoms with Gasteiger partial charge in [-0.15, -0.1) is 11.6 Å². The summed E-state index contributed by atoms with van der Waals surface area (Å²) in [6.45, 7) is 8.94. The number of carbonyl (C=O) groups excluding carboxylic acids is 1. The minimum atomic E-state index is 0.311. The van der Waals surface area contributed by atoms with E-state index >= 15 is 0 Å². The zero-order chi connectivity index (χ0) is 26.5. The maximum Gasteiger partial charge on any atom is 0.293 e. The molecule has 9 heteroatoms. The molecule has 1 aliphatic heterocycles. The fraction of sp³-hybridized carbons (Fsp3) is 0.429. The van der Waals surface area contributed by atoms with Crippen molar-refractivity contribution in [2.24, 2.45) is 0 Å². The zero-order valence-corrected chi connectivity index (χ0v) is 22.3. The number of benzene rings is 2. The van der Waals surface area contributed by atoms with Crippen molar-refractivity contribution in [2.75, 3.05) is 64.3 Å². The average Bonchev–Trinajstić information content (AvgIpc) is 3.28. The molecule has 0 unspecified atom stereocenters. The molecule has 2 aromatic carbocycles. The quantitative estimate of drug-likeness (QED) is 0.219. The summed E-state index contributed by atoms with van der Waals surface area (Å²) < 4.78 is 17.8. The molecule has 37 heavy (non-hydrogen) atoms. The number of aryl methyl sites for hydroxylation is 1. The number of halogens is 1. The number of carbonyl (C=O) groups is 1. The van der Waals surface area contributed by atoms with Gasteiger partial charge in [0.25, 0.3) is 6.47 Å². The second-order valence-corrected chi connectivity index (χ2v) is 8.78. The summed E-state index contributed by atoms with van der Waals surface area (Å²) in [4.78, 5) is 11.7. The standard InChI is InChI=1S/C25H30N4O2.C3H5ClO2/c1-3-29-24-17-21(31-13-5-10-28-11-14-30-15-12-28)8-9-22(24)23(18-26)25(29)19-6-4-7-20(16-19)27-2;4-1-2-6-3-5/h4,6-9,16-17,27H,3,5,10-15H2,1-2H3;3H,1-2H2. The third-order valence-electron chi connectivity index (χ3n) is 6.14. The molecule has 0 amide bonds. The molecule has 0 radical (unpaired) electrons. The summed E-state index contributed by atoms with van der Waals surface area (Å²) in [6, 6.07) is 16.7. The molecular formula is C28H35ClN4O4. The van der Waals surface area contributed by atoms with Gasteiger partial charge in [-0.3, -0.25) is 9.69 Å². The van der Waals surface area contributed by atoms with Gasteiger partial charge < -0.3 is 24.1 Å². The Balaban J connectivity index is 0.000000568. The van der Waals surface area contributed by atoms with E-state index < -0.39 is 0 Å². The number of hydrogen-bond acceptors (Lipinski definition) is 7. The highest BCUT2D eigenvalue weighted by Gasteiger charge is 2.19. The van der Waals surface area contributed by atoms with Gasteiger partial charge in [-0.25, -0.2) is 0 Å². The van der Waals surface area contributed by atoms with Crippen LogP contribution in [0.4, 0.5) is 5.69 Å². The first-order valence-electron chi connectivity index (χ1n) is 12.5. The van der Waals surface area contributed by atoms with Crippen LogP contribution in [0.2, 0.25) is 0 Å². The number of fused-ring (bicyclic) bond motifs is 1. The topological polar surface area (TPSA) is 88.8 Å². The molecule has 0 bridgehead atoms. The first kappa shape index (κ1) is 28.3. The summed E-state index contributed by atoms with van der Waals surface area (Å²) in [5.74, 6) is 1.22. The van der Waals surface area contributed by atoms with Gasteiger partial charge in [-0.05, 0) is 37.6 Å². The number of aromatic nitrogens is 1. The van der Waals surface area contributed by atoms with Crippen LogP contribution in [0.1, 0.15) is 18.9 Å². The van der Waals surface area contributed by atoms with E-state index in [0.717, 1.165) is 79.4 Å². The Morgan fingerprint density at radius 2 is 2.00 bits per heavy atom. The Morgan fingerprint density at radius 1 is 1.19 bits per heavy atom. The highest BCUT2D eigenvalue weighted by Crippen LogP contribution is 2.36.